The van der Waals surface area contributed by atoms with Gasteiger partial charge >= 0.3 is 0 Å². The van der Waals surface area contributed by atoms with Gasteiger partial charge in [0.05, 0.1) is 11.7 Å². The molecule has 0 aromatic heterocycles. The molecule has 0 saturated heterocycles. The highest BCUT2D eigenvalue weighted by atomic mass is 35.5. The zero-order chi connectivity index (χ0) is 12.9. The Morgan fingerprint density at radius 1 is 1.41 bits per heavy atom. The van der Waals surface area contributed by atoms with E-state index < -0.39 is 11.7 Å². The lowest BCUT2D eigenvalue weighted by Gasteiger charge is -2.33. The van der Waals surface area contributed by atoms with E-state index in [9.17, 15) is 5.11 Å². The maximum Gasteiger partial charge on any atom is 0.0912 e. The lowest BCUT2D eigenvalue weighted by molar-refractivity contribution is -0.110. The predicted octanol–water partition coefficient (Wildman–Crippen LogP) is 3.45. The fourth-order valence-corrected chi connectivity index (χ4v) is 2.08. The maximum atomic E-state index is 10.3. The smallest absolute Gasteiger partial charge is 0.0912 e. The molecule has 2 nitrogen and oxygen atoms in total. The molecule has 0 fully saturated rings. The van der Waals surface area contributed by atoms with Crippen molar-refractivity contribution in [2.24, 2.45) is 0 Å². The van der Waals surface area contributed by atoms with Crippen molar-refractivity contribution in [1.29, 1.82) is 0 Å². The summed E-state index contributed by atoms with van der Waals surface area (Å²) in [6, 6.07) is 7.58. The molecule has 2 atom stereocenters. The van der Waals surface area contributed by atoms with Gasteiger partial charge in [-0.05, 0) is 38.0 Å². The van der Waals surface area contributed by atoms with E-state index in [1.165, 1.54) is 0 Å². The summed E-state index contributed by atoms with van der Waals surface area (Å²) in [5.41, 5.74) is 0.543. The van der Waals surface area contributed by atoms with Crippen molar-refractivity contribution in [3.63, 3.8) is 0 Å². The van der Waals surface area contributed by atoms with E-state index in [-0.39, 0.29) is 0 Å². The van der Waals surface area contributed by atoms with Crippen molar-refractivity contribution < 1.29 is 9.84 Å². The van der Waals surface area contributed by atoms with Gasteiger partial charge in [0.2, 0.25) is 0 Å². The fourth-order valence-electron chi connectivity index (χ4n) is 1.87. The van der Waals surface area contributed by atoms with Crippen molar-refractivity contribution in [3.05, 3.63) is 34.9 Å². The Morgan fingerprint density at radius 2 is 2.12 bits per heavy atom. The molecule has 1 aromatic rings. The summed E-state index contributed by atoms with van der Waals surface area (Å²) < 4.78 is 5.66. The van der Waals surface area contributed by atoms with Gasteiger partial charge in [-0.2, -0.15) is 0 Å². The molecular formula is C14H21ClO2. The second-order valence-electron chi connectivity index (χ2n) is 4.45. The minimum Gasteiger partial charge on any atom is -0.390 e. The normalized spacial score (nSPS) is 16.5. The molecule has 0 heterocycles. The summed E-state index contributed by atoms with van der Waals surface area (Å²) in [4.78, 5) is 0. The predicted molar refractivity (Wildman–Crippen MR) is 71.5 cm³/mol. The van der Waals surface area contributed by atoms with Gasteiger partial charge in [-0.25, -0.2) is 0 Å². The lowest BCUT2D eigenvalue weighted by Crippen LogP contribution is -2.42. The monoisotopic (exact) mass is 256 g/mol. The van der Waals surface area contributed by atoms with Crippen LogP contribution in [-0.4, -0.2) is 23.4 Å². The molecule has 0 radical (unpaired) electrons. The standard InChI is InChI=1S/C14H21ClO2/c1-4-14(3,17-5-2)13(16)10-11-7-6-8-12(15)9-11/h6-9,13,16H,4-5,10H2,1-3H3. The highest BCUT2D eigenvalue weighted by Crippen LogP contribution is 2.24. The molecule has 0 spiro atoms. The summed E-state index contributed by atoms with van der Waals surface area (Å²) >= 11 is 5.92. The number of ether oxygens (including phenoxy) is 1. The maximum absolute atomic E-state index is 10.3. The first kappa shape index (κ1) is 14.5. The molecule has 0 amide bonds. The number of hydrogen-bond donors (Lipinski definition) is 1. The average Bonchev–Trinajstić information content (AvgIpc) is 2.29. The van der Waals surface area contributed by atoms with E-state index in [2.05, 4.69) is 0 Å². The van der Waals surface area contributed by atoms with Crippen LogP contribution in [0.1, 0.15) is 32.8 Å². The number of halogens is 1. The van der Waals surface area contributed by atoms with Crippen molar-refractivity contribution in [1.82, 2.24) is 0 Å². The second kappa shape index (κ2) is 6.39. The zero-order valence-corrected chi connectivity index (χ0v) is 11.5. The molecule has 0 aliphatic heterocycles. The summed E-state index contributed by atoms with van der Waals surface area (Å²) in [6.45, 7) is 6.53. The molecule has 96 valence electrons. The van der Waals surface area contributed by atoms with Crippen LogP contribution in [0.5, 0.6) is 0 Å². The molecule has 0 aliphatic carbocycles. The Labute approximate surface area is 109 Å². The molecule has 1 aromatic carbocycles. The topological polar surface area (TPSA) is 29.5 Å². The third-order valence-electron chi connectivity index (χ3n) is 3.20. The first-order valence-corrected chi connectivity index (χ1v) is 6.46. The summed E-state index contributed by atoms with van der Waals surface area (Å²) in [6.07, 6.45) is 0.818. The van der Waals surface area contributed by atoms with Gasteiger partial charge in [0.1, 0.15) is 0 Å². The number of aliphatic hydroxyl groups is 1. The van der Waals surface area contributed by atoms with E-state index >= 15 is 0 Å². The molecular weight excluding hydrogens is 236 g/mol. The van der Waals surface area contributed by atoms with Crippen LogP contribution >= 0.6 is 11.6 Å². The van der Waals surface area contributed by atoms with Gasteiger partial charge in [-0.15, -0.1) is 0 Å². The van der Waals surface area contributed by atoms with Crippen LogP contribution in [0.25, 0.3) is 0 Å². The average molecular weight is 257 g/mol. The molecule has 3 heteroatoms. The number of rotatable bonds is 6. The number of hydrogen-bond acceptors (Lipinski definition) is 2. The summed E-state index contributed by atoms with van der Waals surface area (Å²) in [5.74, 6) is 0. The number of aliphatic hydroxyl groups excluding tert-OH is 1. The highest BCUT2D eigenvalue weighted by Gasteiger charge is 2.31. The Bertz CT molecular complexity index is 354. The lowest BCUT2D eigenvalue weighted by atomic mass is 9.91. The zero-order valence-electron chi connectivity index (χ0n) is 10.7. The van der Waals surface area contributed by atoms with E-state index in [1.54, 1.807) is 0 Å². The Hall–Kier alpha value is -0.570. The van der Waals surface area contributed by atoms with Gasteiger partial charge in [0.25, 0.3) is 0 Å². The molecule has 17 heavy (non-hydrogen) atoms. The van der Waals surface area contributed by atoms with Gasteiger partial charge in [-0.3, -0.25) is 0 Å². The van der Waals surface area contributed by atoms with Gasteiger partial charge < -0.3 is 9.84 Å². The van der Waals surface area contributed by atoms with Crippen LogP contribution in [0.3, 0.4) is 0 Å². The third kappa shape index (κ3) is 3.98. The van der Waals surface area contributed by atoms with Crippen LogP contribution in [0, 0.1) is 0 Å². The minimum atomic E-state index is -0.522. The van der Waals surface area contributed by atoms with E-state index in [0.29, 0.717) is 18.1 Å². The van der Waals surface area contributed by atoms with Crippen LogP contribution in [0.15, 0.2) is 24.3 Å². The summed E-state index contributed by atoms with van der Waals surface area (Å²) in [5, 5.41) is 11.0. The van der Waals surface area contributed by atoms with Crippen LogP contribution in [0.2, 0.25) is 5.02 Å². The molecule has 1 N–H and O–H groups in total. The molecule has 0 bridgehead atoms. The molecule has 0 aliphatic rings. The van der Waals surface area contributed by atoms with Gasteiger partial charge in [-0.1, -0.05) is 30.7 Å². The van der Waals surface area contributed by atoms with Crippen LogP contribution in [0.4, 0.5) is 0 Å². The number of benzene rings is 1. The SMILES string of the molecule is CCOC(C)(CC)C(O)Cc1cccc(Cl)c1. The van der Waals surface area contributed by atoms with E-state index in [0.717, 1.165) is 12.0 Å². The van der Waals surface area contributed by atoms with E-state index in [1.807, 2.05) is 45.0 Å². The van der Waals surface area contributed by atoms with Crippen LogP contribution < -0.4 is 0 Å². The first-order chi connectivity index (χ1) is 8.01. The van der Waals surface area contributed by atoms with Crippen molar-refractivity contribution in [2.45, 2.75) is 45.3 Å². The van der Waals surface area contributed by atoms with Crippen LogP contribution in [-0.2, 0) is 11.2 Å². The van der Waals surface area contributed by atoms with Crippen molar-refractivity contribution >= 4 is 11.6 Å². The third-order valence-corrected chi connectivity index (χ3v) is 3.43. The quantitative estimate of drug-likeness (QED) is 0.845. The molecule has 2 unspecified atom stereocenters. The molecule has 0 saturated carbocycles. The van der Waals surface area contributed by atoms with Crippen molar-refractivity contribution in [2.75, 3.05) is 6.61 Å². The van der Waals surface area contributed by atoms with Crippen molar-refractivity contribution in [3.8, 4) is 0 Å². The van der Waals surface area contributed by atoms with E-state index in [4.69, 9.17) is 16.3 Å². The fraction of sp³-hybridized carbons (Fsp3) is 0.571. The summed E-state index contributed by atoms with van der Waals surface area (Å²) in [7, 11) is 0. The largest absolute Gasteiger partial charge is 0.390 e. The van der Waals surface area contributed by atoms with Gasteiger partial charge in [0, 0.05) is 18.1 Å². The Kier molecular flexibility index (Phi) is 5.44. The minimum absolute atomic E-state index is 0.489. The Balaban J connectivity index is 2.73. The second-order valence-corrected chi connectivity index (χ2v) is 4.89. The Morgan fingerprint density at radius 3 is 2.65 bits per heavy atom. The van der Waals surface area contributed by atoms with Gasteiger partial charge in [0.15, 0.2) is 0 Å². The molecule has 1 rings (SSSR count). The first-order valence-electron chi connectivity index (χ1n) is 6.08. The highest BCUT2D eigenvalue weighted by molar-refractivity contribution is 6.30.